The number of carboxylic acids is 1. The topological polar surface area (TPSA) is 63.3 Å². The Morgan fingerprint density at radius 2 is 2.75 bits per heavy atom. The van der Waals surface area contributed by atoms with Crippen LogP contribution in [0.2, 0.25) is 0 Å². The molecule has 1 rings (SSSR count). The Kier molecular flexibility index (Phi) is 0.997. The van der Waals surface area contributed by atoms with Crippen LogP contribution in [0, 0.1) is 6.26 Å². The molecule has 0 saturated carbocycles. The first-order valence-electron chi connectivity index (χ1n) is 1.87. The van der Waals surface area contributed by atoms with Crippen LogP contribution in [0.3, 0.4) is 0 Å². The first-order chi connectivity index (χ1) is 3.80. The van der Waals surface area contributed by atoms with Crippen LogP contribution in [0.15, 0.2) is 10.6 Å². The summed E-state index contributed by atoms with van der Waals surface area (Å²) in [5, 5.41) is 11.2. The van der Waals surface area contributed by atoms with Crippen molar-refractivity contribution in [1.82, 2.24) is 5.16 Å². The van der Waals surface area contributed by atoms with E-state index in [1.54, 1.807) is 0 Å². The SMILES string of the molecule is O=C(O)c1c[c]on1. The summed E-state index contributed by atoms with van der Waals surface area (Å²) in [6.45, 7) is 0. The maximum atomic E-state index is 9.92. The number of hydrogen-bond donors (Lipinski definition) is 1. The van der Waals surface area contributed by atoms with Crippen molar-refractivity contribution in [2.24, 2.45) is 0 Å². The Morgan fingerprint density at radius 3 is 3.00 bits per heavy atom. The van der Waals surface area contributed by atoms with Crippen molar-refractivity contribution < 1.29 is 14.4 Å². The average molecular weight is 112 g/mol. The lowest BCUT2D eigenvalue weighted by Crippen LogP contribution is -1.94. The molecule has 0 aliphatic heterocycles. The Morgan fingerprint density at radius 1 is 2.00 bits per heavy atom. The minimum Gasteiger partial charge on any atom is -0.476 e. The van der Waals surface area contributed by atoms with E-state index < -0.39 is 5.97 Å². The average Bonchev–Trinajstić information content (AvgIpc) is 2.12. The number of carbonyl (C=O) groups is 1. The summed E-state index contributed by atoms with van der Waals surface area (Å²) in [7, 11) is 0. The van der Waals surface area contributed by atoms with E-state index in [4.69, 9.17) is 5.11 Å². The smallest absolute Gasteiger partial charge is 0.358 e. The van der Waals surface area contributed by atoms with Gasteiger partial charge in [0.1, 0.15) is 0 Å². The van der Waals surface area contributed by atoms with Gasteiger partial charge in [0.25, 0.3) is 0 Å². The first-order valence-corrected chi connectivity index (χ1v) is 1.87. The number of hydrogen-bond acceptors (Lipinski definition) is 3. The second-order valence-electron chi connectivity index (χ2n) is 1.14. The van der Waals surface area contributed by atoms with Gasteiger partial charge in [-0.3, -0.25) is 0 Å². The van der Waals surface area contributed by atoms with Crippen LogP contribution in [-0.4, -0.2) is 16.2 Å². The zero-order valence-corrected chi connectivity index (χ0v) is 3.79. The van der Waals surface area contributed by atoms with E-state index in [1.807, 2.05) is 0 Å². The molecular weight excluding hydrogens is 110 g/mol. The van der Waals surface area contributed by atoms with Gasteiger partial charge in [0, 0.05) is 6.07 Å². The van der Waals surface area contributed by atoms with Crippen LogP contribution < -0.4 is 0 Å². The molecule has 1 aromatic heterocycles. The van der Waals surface area contributed by atoms with Crippen molar-refractivity contribution in [1.29, 1.82) is 0 Å². The molecule has 41 valence electrons. The van der Waals surface area contributed by atoms with Crippen LogP contribution in [0.25, 0.3) is 0 Å². The van der Waals surface area contributed by atoms with E-state index in [0.29, 0.717) is 0 Å². The van der Waals surface area contributed by atoms with Gasteiger partial charge in [-0.25, -0.2) is 4.79 Å². The van der Waals surface area contributed by atoms with Gasteiger partial charge in [-0.15, -0.1) is 0 Å². The Hall–Kier alpha value is -1.32. The fourth-order valence-electron chi connectivity index (χ4n) is 0.285. The third-order valence-electron chi connectivity index (χ3n) is 0.611. The zero-order chi connectivity index (χ0) is 5.98. The first kappa shape index (κ1) is 4.83. The van der Waals surface area contributed by atoms with Gasteiger partial charge in [-0.2, -0.15) is 0 Å². The lowest BCUT2D eigenvalue weighted by molar-refractivity contribution is 0.0685. The molecule has 1 aromatic rings. The molecule has 0 aliphatic carbocycles. The fraction of sp³-hybridized carbons (Fsp3) is 0. The second kappa shape index (κ2) is 1.65. The van der Waals surface area contributed by atoms with Gasteiger partial charge >= 0.3 is 5.97 Å². The Bertz CT molecular complexity index is 179. The van der Waals surface area contributed by atoms with Crippen LogP contribution in [0.4, 0.5) is 0 Å². The Labute approximate surface area is 44.7 Å². The lowest BCUT2D eigenvalue weighted by atomic mass is 10.5. The molecule has 4 nitrogen and oxygen atoms in total. The maximum absolute atomic E-state index is 9.92. The van der Waals surface area contributed by atoms with E-state index >= 15 is 0 Å². The van der Waals surface area contributed by atoms with Gasteiger partial charge in [0.15, 0.2) is 5.69 Å². The summed E-state index contributed by atoms with van der Waals surface area (Å²) in [4.78, 5) is 9.92. The number of nitrogens with zero attached hydrogens (tertiary/aromatic N) is 1. The van der Waals surface area contributed by atoms with Crippen molar-refractivity contribution in [3.63, 3.8) is 0 Å². The van der Waals surface area contributed by atoms with Crippen molar-refractivity contribution >= 4 is 5.97 Å². The highest BCUT2D eigenvalue weighted by atomic mass is 16.5. The second-order valence-corrected chi connectivity index (χ2v) is 1.14. The third kappa shape index (κ3) is 0.676. The summed E-state index contributed by atoms with van der Waals surface area (Å²) < 4.78 is 4.12. The molecule has 0 amide bonds. The highest BCUT2D eigenvalue weighted by molar-refractivity contribution is 5.84. The fourth-order valence-corrected chi connectivity index (χ4v) is 0.285. The summed E-state index contributed by atoms with van der Waals surface area (Å²) in [5.74, 6) is -1.10. The number of aromatic carboxylic acids is 1. The maximum Gasteiger partial charge on any atom is 0.358 e. The molecule has 0 aliphatic rings. The van der Waals surface area contributed by atoms with Gasteiger partial charge in [-0.05, 0) is 0 Å². The standard InChI is InChI=1S/C4H2NO3/c6-4(7)3-1-2-8-5-3/h1H,(H,6,7). The van der Waals surface area contributed by atoms with E-state index in [0.717, 1.165) is 6.07 Å². The number of aromatic nitrogens is 1. The van der Waals surface area contributed by atoms with Crippen LogP contribution >= 0.6 is 0 Å². The zero-order valence-electron chi connectivity index (χ0n) is 3.79. The summed E-state index contributed by atoms with van der Waals surface area (Å²) in [5.41, 5.74) is -0.120. The molecule has 4 heteroatoms. The predicted molar refractivity (Wildman–Crippen MR) is 22.3 cm³/mol. The highest BCUT2D eigenvalue weighted by Crippen LogP contribution is 1.90. The molecule has 0 unspecified atom stereocenters. The molecule has 0 spiro atoms. The van der Waals surface area contributed by atoms with E-state index in [9.17, 15) is 4.79 Å². The monoisotopic (exact) mass is 112 g/mol. The molecule has 0 bridgehead atoms. The van der Waals surface area contributed by atoms with Gasteiger partial charge in [-0.1, -0.05) is 5.16 Å². The molecule has 0 atom stereocenters. The highest BCUT2D eigenvalue weighted by Gasteiger charge is 2.03. The quantitative estimate of drug-likeness (QED) is 0.562. The van der Waals surface area contributed by atoms with Crippen molar-refractivity contribution in [2.75, 3.05) is 0 Å². The molecule has 1 N–H and O–H groups in total. The molecule has 1 radical (unpaired) electrons. The largest absolute Gasteiger partial charge is 0.476 e. The van der Waals surface area contributed by atoms with Crippen LogP contribution in [0.5, 0.6) is 0 Å². The van der Waals surface area contributed by atoms with Crippen molar-refractivity contribution in [2.45, 2.75) is 0 Å². The van der Waals surface area contributed by atoms with E-state index in [-0.39, 0.29) is 5.69 Å². The number of carboxylic acid groups (broad SMARTS) is 1. The third-order valence-corrected chi connectivity index (χ3v) is 0.611. The molecule has 0 aromatic carbocycles. The van der Waals surface area contributed by atoms with Gasteiger partial charge in [0.05, 0.1) is 0 Å². The summed E-state index contributed by atoms with van der Waals surface area (Å²) >= 11 is 0. The van der Waals surface area contributed by atoms with Crippen molar-refractivity contribution in [3.8, 4) is 0 Å². The normalized spacial score (nSPS) is 9.00. The minimum absolute atomic E-state index is 0.120. The Balaban J connectivity index is 2.93. The van der Waals surface area contributed by atoms with Gasteiger partial charge in [0.2, 0.25) is 6.26 Å². The van der Waals surface area contributed by atoms with Crippen molar-refractivity contribution in [3.05, 3.63) is 18.0 Å². The summed E-state index contributed by atoms with van der Waals surface area (Å²) in [6, 6.07) is 1.16. The predicted octanol–water partition coefficient (Wildman–Crippen LogP) is 0.173. The molecule has 8 heavy (non-hydrogen) atoms. The molecule has 0 fully saturated rings. The molecular formula is C4H2NO3. The van der Waals surface area contributed by atoms with Crippen LogP contribution in [-0.2, 0) is 0 Å². The minimum atomic E-state index is -1.10. The van der Waals surface area contributed by atoms with E-state index in [1.165, 1.54) is 0 Å². The van der Waals surface area contributed by atoms with Crippen LogP contribution in [0.1, 0.15) is 10.5 Å². The molecule has 1 heterocycles. The van der Waals surface area contributed by atoms with Gasteiger partial charge < -0.3 is 9.63 Å². The number of rotatable bonds is 1. The lowest BCUT2D eigenvalue weighted by Gasteiger charge is -1.75. The molecule has 0 saturated heterocycles. The van der Waals surface area contributed by atoms with E-state index in [2.05, 4.69) is 15.9 Å². The summed E-state index contributed by atoms with van der Waals surface area (Å²) in [6.07, 6.45) is 2.14.